The van der Waals surface area contributed by atoms with Gasteiger partial charge in [-0.25, -0.2) is 13.2 Å². The monoisotopic (exact) mass is 519 g/mol. The van der Waals surface area contributed by atoms with E-state index in [0.29, 0.717) is 31.8 Å². The van der Waals surface area contributed by atoms with Gasteiger partial charge in [-0.2, -0.15) is 4.31 Å². The molecule has 0 spiro atoms. The van der Waals surface area contributed by atoms with Gasteiger partial charge in [0, 0.05) is 25.6 Å². The number of benzene rings is 2. The number of methoxy groups -OCH3 is 1. The second-order valence-electron chi connectivity index (χ2n) is 9.39. The third kappa shape index (κ3) is 7.92. The zero-order chi connectivity index (χ0) is 26.1. The predicted molar refractivity (Wildman–Crippen MR) is 137 cm³/mol. The first-order chi connectivity index (χ1) is 17.2. The Morgan fingerprint density at radius 2 is 1.83 bits per heavy atom. The van der Waals surface area contributed by atoms with Crippen LogP contribution in [0.4, 0.5) is 4.79 Å². The van der Waals surface area contributed by atoms with Crippen LogP contribution in [0.3, 0.4) is 0 Å². The maximum Gasteiger partial charge on any atom is 0.407 e. The summed E-state index contributed by atoms with van der Waals surface area (Å²) in [5.74, 6) is 0.637. The fourth-order valence-corrected chi connectivity index (χ4v) is 5.70. The van der Waals surface area contributed by atoms with Crippen LogP contribution in [0.15, 0.2) is 59.5 Å². The minimum absolute atomic E-state index is 0.0247. The second kappa shape index (κ2) is 13.0. The molecule has 1 fully saturated rings. The molecule has 3 unspecified atom stereocenters. The minimum atomic E-state index is -3.83. The summed E-state index contributed by atoms with van der Waals surface area (Å²) in [5.41, 5.74) is 7.57. The molecule has 1 aliphatic heterocycles. The highest BCUT2D eigenvalue weighted by atomic mass is 32.2. The zero-order valence-corrected chi connectivity index (χ0v) is 21.9. The first-order valence-corrected chi connectivity index (χ1v) is 13.6. The van der Waals surface area contributed by atoms with Crippen LogP contribution in [0.5, 0.6) is 5.75 Å². The van der Waals surface area contributed by atoms with Crippen molar-refractivity contribution in [1.82, 2.24) is 9.62 Å². The Labute approximate surface area is 214 Å². The highest BCUT2D eigenvalue weighted by Gasteiger charge is 2.31. The van der Waals surface area contributed by atoms with Crippen LogP contribution >= 0.6 is 0 Å². The van der Waals surface area contributed by atoms with Crippen molar-refractivity contribution in [3.05, 3.63) is 60.2 Å². The molecule has 0 aliphatic carbocycles. The summed E-state index contributed by atoms with van der Waals surface area (Å²) in [6, 6.07) is 14.6. The smallest absolute Gasteiger partial charge is 0.407 e. The van der Waals surface area contributed by atoms with Crippen molar-refractivity contribution < 1.29 is 27.4 Å². The average Bonchev–Trinajstić information content (AvgIpc) is 3.36. The summed E-state index contributed by atoms with van der Waals surface area (Å²) in [4.78, 5) is 12.8. The number of alkyl carbamates (subject to hydrolysis) is 1. The Morgan fingerprint density at radius 1 is 1.14 bits per heavy atom. The van der Waals surface area contributed by atoms with E-state index in [2.05, 4.69) is 5.32 Å². The molecule has 36 heavy (non-hydrogen) atoms. The van der Waals surface area contributed by atoms with E-state index in [1.54, 1.807) is 12.1 Å². The highest BCUT2D eigenvalue weighted by molar-refractivity contribution is 7.89. The fourth-order valence-electron chi connectivity index (χ4n) is 4.06. The lowest BCUT2D eigenvalue weighted by atomic mass is 9.99. The number of carbonyl (C=O) groups excluding carboxylic acids is 1. The molecule has 1 heterocycles. The summed E-state index contributed by atoms with van der Waals surface area (Å²) in [6.45, 7) is 5.12. The van der Waals surface area contributed by atoms with E-state index in [0.717, 1.165) is 5.56 Å². The van der Waals surface area contributed by atoms with Gasteiger partial charge in [0.05, 0.1) is 31.3 Å². The van der Waals surface area contributed by atoms with E-state index < -0.39 is 28.2 Å². The number of sulfonamides is 1. The number of amides is 1. The van der Waals surface area contributed by atoms with Gasteiger partial charge < -0.3 is 25.3 Å². The van der Waals surface area contributed by atoms with Crippen molar-refractivity contribution in [2.75, 3.05) is 33.4 Å². The van der Waals surface area contributed by atoms with Gasteiger partial charge in [-0.3, -0.25) is 0 Å². The van der Waals surface area contributed by atoms with Crippen molar-refractivity contribution in [1.29, 1.82) is 0 Å². The largest absolute Gasteiger partial charge is 0.497 e. The van der Waals surface area contributed by atoms with Crippen molar-refractivity contribution in [3.63, 3.8) is 0 Å². The SMILES string of the molecule is COc1ccc(S(=O)(=O)N(CC(C)C)CC(N)C(Cc2ccccc2)NC(=O)OC2CCOC2)cc1. The first kappa shape index (κ1) is 27.9. The topological polar surface area (TPSA) is 120 Å². The van der Waals surface area contributed by atoms with Gasteiger partial charge in [0.25, 0.3) is 0 Å². The lowest BCUT2D eigenvalue weighted by Gasteiger charge is -2.31. The lowest BCUT2D eigenvalue weighted by Crippen LogP contribution is -2.55. The van der Waals surface area contributed by atoms with E-state index in [4.69, 9.17) is 19.9 Å². The van der Waals surface area contributed by atoms with Crippen LogP contribution in [-0.2, 0) is 25.9 Å². The lowest BCUT2D eigenvalue weighted by molar-refractivity contribution is 0.0797. The molecule has 9 nitrogen and oxygen atoms in total. The number of hydrogen-bond acceptors (Lipinski definition) is 7. The summed E-state index contributed by atoms with van der Waals surface area (Å²) in [6.07, 6.45) is 0.184. The van der Waals surface area contributed by atoms with Crippen LogP contribution in [0, 0.1) is 5.92 Å². The quantitative estimate of drug-likeness (QED) is 0.442. The van der Waals surface area contributed by atoms with Crippen LogP contribution in [0.25, 0.3) is 0 Å². The number of nitrogens with two attached hydrogens (primary N) is 1. The van der Waals surface area contributed by atoms with Gasteiger partial charge >= 0.3 is 6.09 Å². The number of nitrogens with one attached hydrogen (secondary N) is 1. The predicted octanol–water partition coefficient (Wildman–Crippen LogP) is 2.80. The van der Waals surface area contributed by atoms with Crippen molar-refractivity contribution in [2.45, 2.75) is 49.8 Å². The maximum absolute atomic E-state index is 13.5. The Bertz CT molecular complexity index is 1060. The molecule has 198 valence electrons. The molecule has 0 radical (unpaired) electrons. The molecule has 1 amide bonds. The molecule has 0 bridgehead atoms. The van der Waals surface area contributed by atoms with Gasteiger partial charge in [0.1, 0.15) is 11.9 Å². The summed E-state index contributed by atoms with van der Waals surface area (Å²) >= 11 is 0. The fraction of sp³-hybridized carbons (Fsp3) is 0.500. The van der Waals surface area contributed by atoms with E-state index in [-0.39, 0.29) is 30.0 Å². The summed E-state index contributed by atoms with van der Waals surface area (Å²) < 4.78 is 44.4. The molecule has 3 N–H and O–H groups in total. The van der Waals surface area contributed by atoms with Gasteiger partial charge in [0.2, 0.25) is 10.0 Å². The maximum atomic E-state index is 13.5. The first-order valence-electron chi connectivity index (χ1n) is 12.2. The van der Waals surface area contributed by atoms with Crippen LogP contribution in [0.2, 0.25) is 0 Å². The van der Waals surface area contributed by atoms with Gasteiger partial charge in [0.15, 0.2) is 0 Å². The summed E-state index contributed by atoms with van der Waals surface area (Å²) in [7, 11) is -2.31. The molecule has 0 aromatic heterocycles. The second-order valence-corrected chi connectivity index (χ2v) is 11.3. The highest BCUT2D eigenvalue weighted by Crippen LogP contribution is 2.21. The molecule has 1 aliphatic rings. The van der Waals surface area contributed by atoms with Crippen molar-refractivity contribution >= 4 is 16.1 Å². The standard InChI is InChI=1S/C26H37N3O6S/c1-19(2)16-29(36(31,32)23-11-9-21(33-3)10-12-23)17-24(27)25(15-20-7-5-4-6-8-20)28-26(30)35-22-13-14-34-18-22/h4-12,19,22,24-25H,13-18,27H2,1-3H3,(H,28,30). The van der Waals surface area contributed by atoms with Gasteiger partial charge in [-0.15, -0.1) is 0 Å². The minimum Gasteiger partial charge on any atom is -0.497 e. The average molecular weight is 520 g/mol. The Hall–Kier alpha value is -2.66. The van der Waals surface area contributed by atoms with Gasteiger partial charge in [-0.1, -0.05) is 44.2 Å². The molecule has 2 aromatic rings. The Morgan fingerprint density at radius 3 is 2.42 bits per heavy atom. The third-order valence-corrected chi connectivity index (χ3v) is 7.81. The normalized spacial score (nSPS) is 17.7. The van der Waals surface area contributed by atoms with E-state index in [9.17, 15) is 13.2 Å². The summed E-state index contributed by atoms with van der Waals surface area (Å²) in [5, 5.41) is 2.88. The van der Waals surface area contributed by atoms with Crippen molar-refractivity contribution in [3.8, 4) is 5.75 Å². The van der Waals surface area contributed by atoms with E-state index >= 15 is 0 Å². The molecular formula is C26H37N3O6S. The number of nitrogens with zero attached hydrogens (tertiary/aromatic N) is 1. The van der Waals surface area contributed by atoms with Crippen molar-refractivity contribution in [2.24, 2.45) is 11.7 Å². The molecule has 2 aromatic carbocycles. The molecule has 10 heteroatoms. The van der Waals surface area contributed by atoms with Crippen LogP contribution < -0.4 is 15.8 Å². The third-order valence-electron chi connectivity index (χ3n) is 5.96. The van der Waals surface area contributed by atoms with Gasteiger partial charge in [-0.05, 0) is 42.2 Å². The number of hydrogen-bond donors (Lipinski definition) is 2. The van der Waals surface area contributed by atoms with E-state index in [1.807, 2.05) is 44.2 Å². The zero-order valence-electron chi connectivity index (χ0n) is 21.1. The number of carbonyl (C=O) groups is 1. The van der Waals surface area contributed by atoms with Crippen LogP contribution in [0.1, 0.15) is 25.8 Å². The molecule has 3 rings (SSSR count). The molecule has 3 atom stereocenters. The number of rotatable bonds is 12. The number of ether oxygens (including phenoxy) is 3. The van der Waals surface area contributed by atoms with E-state index in [1.165, 1.54) is 23.5 Å². The Balaban J connectivity index is 1.80. The van der Waals surface area contributed by atoms with Crippen LogP contribution in [-0.4, -0.2) is 70.4 Å². The molecular weight excluding hydrogens is 482 g/mol. The molecule has 0 saturated carbocycles. The Kier molecular flexibility index (Phi) is 10.1. The molecule has 1 saturated heterocycles.